The van der Waals surface area contributed by atoms with Crippen LogP contribution in [-0.4, -0.2) is 185 Å². The van der Waals surface area contributed by atoms with Gasteiger partial charge in [-0.15, -0.1) is 45.5 Å². The van der Waals surface area contributed by atoms with Crippen molar-refractivity contribution >= 4 is 121 Å². The summed E-state index contributed by atoms with van der Waals surface area (Å²) in [5.41, 5.74) is 7.95. The minimum absolute atomic E-state index is 0. The Morgan fingerprint density at radius 3 is 0.346 bits per heavy atom. The van der Waals surface area contributed by atoms with Gasteiger partial charge in [0.15, 0.2) is 0 Å². The quantitative estimate of drug-likeness (QED) is 0.0545. The molecule has 0 unspecified atom stereocenters. The van der Waals surface area contributed by atoms with E-state index in [-0.39, 0.29) is 75.5 Å². The molecule has 408 valence electrons. The Balaban J connectivity index is 0. The van der Waals surface area contributed by atoms with Crippen LogP contribution in [-0.2, 0) is 37.9 Å². The zero-order valence-electron chi connectivity index (χ0n) is 47.2. The largest absolute Gasteiger partial charge is 2.00 e. The van der Waals surface area contributed by atoms with E-state index in [0.29, 0.717) is 52.9 Å². The molecular weight excluding hydrogens is 1030 g/mol. The van der Waals surface area contributed by atoms with E-state index in [2.05, 4.69) is 59.2 Å². The van der Waals surface area contributed by atoms with E-state index in [4.69, 9.17) is 0 Å². The molecule has 12 nitrogen and oxygen atoms in total. The van der Waals surface area contributed by atoms with E-state index in [9.17, 15) is 0 Å². The third-order valence-electron chi connectivity index (χ3n) is 9.05. The van der Waals surface area contributed by atoms with Crippen LogP contribution < -0.4 is 0 Å². The van der Waals surface area contributed by atoms with Gasteiger partial charge in [-0.05, 0) is 0 Å². The Hall–Kier alpha value is -4.84. The second-order valence-electron chi connectivity index (χ2n) is 15.1. The van der Waals surface area contributed by atoms with Gasteiger partial charge in [-0.2, -0.15) is 0 Å². The molecule has 0 saturated carbocycles. The molecular formula is C64H80Ca2N4O8. The van der Waals surface area contributed by atoms with Crippen LogP contribution in [0.3, 0.4) is 0 Å². The molecule has 0 spiro atoms. The van der Waals surface area contributed by atoms with Crippen LogP contribution in [0, 0.1) is 0 Å². The second kappa shape index (κ2) is 58.3. The summed E-state index contributed by atoms with van der Waals surface area (Å²) in [7, 11) is 13.2. The first kappa shape index (κ1) is 75.2. The van der Waals surface area contributed by atoms with Crippen molar-refractivity contribution < 1.29 is 37.9 Å². The molecule has 0 aliphatic heterocycles. The number of methoxy groups -OCH3 is 8. The third kappa shape index (κ3) is 46.1. The van der Waals surface area contributed by atoms with E-state index in [0.717, 1.165) is 45.5 Å². The van der Waals surface area contributed by atoms with Gasteiger partial charge >= 0.3 is 75.5 Å². The molecule has 0 aromatic heterocycles. The van der Waals surface area contributed by atoms with E-state index in [1.165, 1.54) is 0 Å². The average Bonchev–Trinajstić information content (AvgIpc) is 3.48. The fraction of sp³-hybridized carbons (Fsp3) is 0.250. The molecule has 0 aliphatic carbocycles. The molecule has 0 fully saturated rings. The minimum Gasteiger partial charge on any atom is -0.658 e. The van der Waals surface area contributed by atoms with E-state index >= 15 is 0 Å². The van der Waals surface area contributed by atoms with Crippen molar-refractivity contribution in [2.75, 3.05) is 110 Å². The number of benzene rings is 8. The standard InChI is InChI=1S/4C12H10N.4C4H10O2.2Ca/c4*1-3-7-11(8-4-1)13-12-9-5-2-6-10-12;4*1-5-3-4-6-2;;/h4*1-10H;4*3-4H2,1-2H3;;/q4*-1;;;;;2*+2. The molecule has 0 saturated heterocycles. The summed E-state index contributed by atoms with van der Waals surface area (Å²) in [5, 5.41) is 17.8. The van der Waals surface area contributed by atoms with E-state index in [1.807, 2.05) is 243 Å². The molecule has 0 heterocycles. The summed E-state index contributed by atoms with van der Waals surface area (Å²) in [4.78, 5) is 0. The van der Waals surface area contributed by atoms with Gasteiger partial charge in [0.2, 0.25) is 0 Å². The maximum Gasteiger partial charge on any atom is 2.00 e. The van der Waals surface area contributed by atoms with Crippen LogP contribution >= 0.6 is 0 Å². The molecule has 14 heteroatoms. The van der Waals surface area contributed by atoms with Gasteiger partial charge in [-0.3, -0.25) is 0 Å². The molecule has 0 N–H and O–H groups in total. The number of hydrogen-bond donors (Lipinski definition) is 0. The first-order valence-corrected chi connectivity index (χ1v) is 24.6. The molecule has 78 heavy (non-hydrogen) atoms. The van der Waals surface area contributed by atoms with Crippen molar-refractivity contribution in [2.24, 2.45) is 0 Å². The van der Waals surface area contributed by atoms with Gasteiger partial charge in [-0.1, -0.05) is 243 Å². The predicted molar refractivity (Wildman–Crippen MR) is 329 cm³/mol. The van der Waals surface area contributed by atoms with Crippen LogP contribution in [0.4, 0.5) is 45.5 Å². The fourth-order valence-corrected chi connectivity index (χ4v) is 5.28. The molecule has 0 atom stereocenters. The van der Waals surface area contributed by atoms with Crippen LogP contribution in [0.5, 0.6) is 0 Å². The van der Waals surface area contributed by atoms with Crippen LogP contribution in [0.25, 0.3) is 21.3 Å². The maximum atomic E-state index is 4.66. The number of rotatable bonds is 20. The second-order valence-corrected chi connectivity index (χ2v) is 15.1. The Morgan fingerprint density at radius 2 is 0.269 bits per heavy atom. The molecule has 0 radical (unpaired) electrons. The van der Waals surface area contributed by atoms with Gasteiger partial charge in [0.05, 0.1) is 52.9 Å². The van der Waals surface area contributed by atoms with Crippen LogP contribution in [0.1, 0.15) is 0 Å². The number of ether oxygens (including phenoxy) is 8. The molecule has 8 aromatic carbocycles. The summed E-state index contributed by atoms with van der Waals surface area (Å²) in [5.74, 6) is 0. The van der Waals surface area contributed by atoms with Crippen LogP contribution in [0.2, 0.25) is 0 Å². The smallest absolute Gasteiger partial charge is 0.658 e. The van der Waals surface area contributed by atoms with E-state index in [1.54, 1.807) is 56.9 Å². The topological polar surface area (TPSA) is 130 Å². The molecule has 0 bridgehead atoms. The maximum absolute atomic E-state index is 4.66. The monoisotopic (exact) mass is 1110 g/mol. The summed E-state index contributed by atoms with van der Waals surface area (Å²) < 4.78 is 37.3. The Bertz CT molecular complexity index is 1860. The normalized spacial score (nSPS) is 9.13. The van der Waals surface area contributed by atoms with Crippen molar-refractivity contribution in [2.45, 2.75) is 0 Å². The van der Waals surface area contributed by atoms with Crippen molar-refractivity contribution in [1.29, 1.82) is 0 Å². The number of hydrogen-bond acceptors (Lipinski definition) is 8. The summed E-state index contributed by atoms with van der Waals surface area (Å²) in [6.07, 6.45) is 0. The van der Waals surface area contributed by atoms with Crippen molar-refractivity contribution in [3.8, 4) is 0 Å². The first-order chi connectivity index (χ1) is 37.5. The Labute approximate surface area is 527 Å². The predicted octanol–water partition coefficient (Wildman–Crippen LogP) is 16.4. The van der Waals surface area contributed by atoms with Gasteiger partial charge in [0.25, 0.3) is 0 Å². The van der Waals surface area contributed by atoms with Crippen molar-refractivity contribution in [3.63, 3.8) is 0 Å². The van der Waals surface area contributed by atoms with Crippen molar-refractivity contribution in [3.05, 3.63) is 264 Å². The van der Waals surface area contributed by atoms with Gasteiger partial charge in [-0.25, -0.2) is 0 Å². The molecule has 0 aliphatic rings. The molecule has 8 rings (SSSR count). The van der Waals surface area contributed by atoms with Gasteiger partial charge in [0, 0.05) is 56.9 Å². The zero-order valence-corrected chi connectivity index (χ0v) is 51.6. The Kier molecular flexibility index (Phi) is 56.2. The summed E-state index contributed by atoms with van der Waals surface area (Å²) >= 11 is 0. The average molecular weight is 1110 g/mol. The van der Waals surface area contributed by atoms with Gasteiger partial charge in [0.1, 0.15) is 0 Å². The zero-order chi connectivity index (χ0) is 55.0. The first-order valence-electron chi connectivity index (χ1n) is 24.6. The van der Waals surface area contributed by atoms with Crippen LogP contribution in [0.15, 0.2) is 243 Å². The minimum atomic E-state index is 0. The number of nitrogens with zero attached hydrogens (tertiary/aromatic N) is 4. The van der Waals surface area contributed by atoms with Crippen molar-refractivity contribution in [1.82, 2.24) is 0 Å². The number of para-hydroxylation sites is 8. The fourth-order valence-electron chi connectivity index (χ4n) is 5.28. The molecule has 8 aromatic rings. The SMILES string of the molecule is COCCOC.COCCOC.COCCOC.COCCOC.[Ca+2].[Ca+2].c1ccc([N-]c2ccccc2)cc1.c1ccc([N-]c2ccccc2)cc1.c1ccc([N-]c2ccccc2)cc1.c1ccc([N-]c2ccccc2)cc1. The Morgan fingerprint density at radius 1 is 0.179 bits per heavy atom. The van der Waals surface area contributed by atoms with E-state index < -0.39 is 0 Å². The molecule has 0 amide bonds. The summed E-state index contributed by atoms with van der Waals surface area (Å²) in [6, 6.07) is 79.6. The van der Waals surface area contributed by atoms with Gasteiger partial charge < -0.3 is 59.2 Å². The third-order valence-corrected chi connectivity index (χ3v) is 9.05. The summed E-state index contributed by atoms with van der Waals surface area (Å²) in [6.45, 7) is 5.53.